The van der Waals surface area contributed by atoms with Crippen molar-refractivity contribution in [3.8, 4) is 0 Å². The first-order valence-corrected chi connectivity index (χ1v) is 4.67. The summed E-state index contributed by atoms with van der Waals surface area (Å²) in [6.07, 6.45) is 9.98. The molecule has 0 N–H and O–H groups in total. The summed E-state index contributed by atoms with van der Waals surface area (Å²) in [6, 6.07) is 0. The van der Waals surface area contributed by atoms with E-state index < -0.39 is 0 Å². The minimum Gasteiger partial charge on any atom is -0.0988 e. The summed E-state index contributed by atoms with van der Waals surface area (Å²) in [4.78, 5) is 0. The highest BCUT2D eigenvalue weighted by atomic mass is 13.9. The molecule has 0 saturated heterocycles. The Morgan fingerprint density at radius 1 is 1.25 bits per heavy atom. The minimum atomic E-state index is 1.22. The summed E-state index contributed by atoms with van der Waals surface area (Å²) in [5.74, 6) is 0. The molecule has 0 amide bonds. The smallest absolute Gasteiger partial charge is 0.0320 e. The Morgan fingerprint density at radius 2 is 1.92 bits per heavy atom. The van der Waals surface area contributed by atoms with E-state index in [4.69, 9.17) is 0 Å². The summed E-state index contributed by atoms with van der Waals surface area (Å²) < 4.78 is 0. The van der Waals surface area contributed by atoms with Crippen LogP contribution in [0, 0.1) is 0 Å². The van der Waals surface area contributed by atoms with Crippen molar-refractivity contribution < 1.29 is 0 Å². The van der Waals surface area contributed by atoms with Crippen molar-refractivity contribution in [3.05, 3.63) is 36.0 Å². The van der Waals surface area contributed by atoms with Crippen molar-refractivity contribution in [2.45, 2.75) is 40.0 Å². The largest absolute Gasteiger partial charge is 0.0988 e. The first kappa shape index (κ1) is 11.2. The molecule has 0 fully saturated rings. The molecule has 0 atom stereocenters. The quantitative estimate of drug-likeness (QED) is 0.533. The van der Waals surface area contributed by atoms with Crippen molar-refractivity contribution in [1.82, 2.24) is 0 Å². The van der Waals surface area contributed by atoms with Crippen LogP contribution in [0.1, 0.15) is 40.0 Å². The van der Waals surface area contributed by atoms with Gasteiger partial charge in [-0.3, -0.25) is 0 Å². The summed E-state index contributed by atoms with van der Waals surface area (Å²) in [5, 5.41) is 0. The second-order valence-corrected chi connectivity index (χ2v) is 3.23. The molecule has 0 nitrogen and oxygen atoms in total. The Labute approximate surface area is 76.7 Å². The molecule has 0 rings (SSSR count). The number of rotatable bonds is 5. The van der Waals surface area contributed by atoms with Gasteiger partial charge in [0.1, 0.15) is 0 Å². The van der Waals surface area contributed by atoms with Gasteiger partial charge in [0.25, 0.3) is 0 Å². The van der Waals surface area contributed by atoms with E-state index >= 15 is 0 Å². The molecule has 68 valence electrons. The van der Waals surface area contributed by atoms with E-state index in [2.05, 4.69) is 39.5 Å². The van der Waals surface area contributed by atoms with Gasteiger partial charge in [0, 0.05) is 0 Å². The van der Waals surface area contributed by atoms with Crippen LogP contribution in [0.5, 0.6) is 0 Å². The molecule has 0 aliphatic carbocycles. The Hall–Kier alpha value is -0.780. The third-order valence-corrected chi connectivity index (χ3v) is 1.88. The second kappa shape index (κ2) is 6.90. The van der Waals surface area contributed by atoms with E-state index in [-0.39, 0.29) is 0 Å². The van der Waals surface area contributed by atoms with Gasteiger partial charge in [-0.1, -0.05) is 49.3 Å². The van der Waals surface area contributed by atoms with E-state index in [1.54, 1.807) is 0 Å². The highest BCUT2D eigenvalue weighted by Crippen LogP contribution is 2.06. The van der Waals surface area contributed by atoms with Crippen LogP contribution in [-0.2, 0) is 0 Å². The van der Waals surface area contributed by atoms with E-state index in [9.17, 15) is 0 Å². The molecular weight excluding hydrogens is 144 g/mol. The van der Waals surface area contributed by atoms with Crippen molar-refractivity contribution >= 4 is 0 Å². The standard InChI is InChI=1S/C12H20/c1-5-7-8-12(4)10-9-11(3)6-2/h6,9-10H,2,5,7-8H2,1,3-4H3. The lowest BCUT2D eigenvalue weighted by Gasteiger charge is -1.96. The van der Waals surface area contributed by atoms with Gasteiger partial charge < -0.3 is 0 Å². The number of hydrogen-bond acceptors (Lipinski definition) is 0. The number of allylic oxidation sites excluding steroid dienone is 5. The van der Waals surface area contributed by atoms with Crippen LogP contribution in [-0.4, -0.2) is 0 Å². The molecule has 0 aromatic rings. The molecule has 0 aliphatic rings. The van der Waals surface area contributed by atoms with Crippen LogP contribution in [0.2, 0.25) is 0 Å². The summed E-state index contributed by atoms with van der Waals surface area (Å²) in [5.41, 5.74) is 2.68. The van der Waals surface area contributed by atoms with E-state index in [1.807, 2.05) is 6.08 Å². The van der Waals surface area contributed by atoms with Gasteiger partial charge in [-0.05, 0) is 26.7 Å². The molecule has 0 heterocycles. The maximum Gasteiger partial charge on any atom is -0.0320 e. The van der Waals surface area contributed by atoms with Gasteiger partial charge in [-0.25, -0.2) is 0 Å². The van der Waals surface area contributed by atoms with Gasteiger partial charge in [0.05, 0.1) is 0 Å². The monoisotopic (exact) mass is 164 g/mol. The zero-order valence-corrected chi connectivity index (χ0v) is 8.56. The van der Waals surface area contributed by atoms with Crippen LogP contribution in [0.25, 0.3) is 0 Å². The predicted octanol–water partition coefficient (Wildman–Crippen LogP) is 4.26. The first-order chi connectivity index (χ1) is 5.70. The molecule has 0 bridgehead atoms. The lowest BCUT2D eigenvalue weighted by atomic mass is 10.1. The van der Waals surface area contributed by atoms with E-state index in [1.165, 1.54) is 30.4 Å². The zero-order valence-electron chi connectivity index (χ0n) is 8.56. The highest BCUT2D eigenvalue weighted by Gasteiger charge is 1.86. The second-order valence-electron chi connectivity index (χ2n) is 3.23. The Bertz CT molecular complexity index is 182. The van der Waals surface area contributed by atoms with Gasteiger partial charge in [0.2, 0.25) is 0 Å². The number of unbranched alkanes of at least 4 members (excludes halogenated alkanes) is 1. The Balaban J connectivity index is 3.90. The fraction of sp³-hybridized carbons (Fsp3) is 0.500. The van der Waals surface area contributed by atoms with Crippen LogP contribution >= 0.6 is 0 Å². The van der Waals surface area contributed by atoms with Crippen LogP contribution < -0.4 is 0 Å². The fourth-order valence-electron chi connectivity index (χ4n) is 0.881. The SMILES string of the molecule is C=CC(C)=CC=C(C)CCCC. The molecular formula is C12H20. The normalized spacial score (nSPS) is 13.2. The van der Waals surface area contributed by atoms with Crippen LogP contribution in [0.4, 0.5) is 0 Å². The Morgan fingerprint density at radius 3 is 2.42 bits per heavy atom. The maximum absolute atomic E-state index is 3.70. The predicted molar refractivity (Wildman–Crippen MR) is 57.2 cm³/mol. The van der Waals surface area contributed by atoms with Crippen molar-refractivity contribution in [2.75, 3.05) is 0 Å². The van der Waals surface area contributed by atoms with Gasteiger partial charge in [-0.2, -0.15) is 0 Å². The molecule has 0 saturated carbocycles. The lowest BCUT2D eigenvalue weighted by molar-refractivity contribution is 0.787. The lowest BCUT2D eigenvalue weighted by Crippen LogP contribution is -1.76. The average Bonchev–Trinajstić information content (AvgIpc) is 2.10. The third-order valence-electron chi connectivity index (χ3n) is 1.88. The highest BCUT2D eigenvalue weighted by molar-refractivity contribution is 5.21. The molecule has 12 heavy (non-hydrogen) atoms. The maximum atomic E-state index is 3.70. The van der Waals surface area contributed by atoms with Gasteiger partial charge >= 0.3 is 0 Å². The first-order valence-electron chi connectivity index (χ1n) is 4.67. The Kier molecular flexibility index (Phi) is 6.45. The average molecular weight is 164 g/mol. The van der Waals surface area contributed by atoms with Crippen molar-refractivity contribution in [3.63, 3.8) is 0 Å². The third kappa shape index (κ3) is 5.96. The molecule has 0 aromatic heterocycles. The van der Waals surface area contributed by atoms with Crippen LogP contribution in [0.15, 0.2) is 36.0 Å². The summed E-state index contributed by atoms with van der Waals surface area (Å²) >= 11 is 0. The van der Waals surface area contributed by atoms with E-state index in [0.29, 0.717) is 0 Å². The van der Waals surface area contributed by atoms with Gasteiger partial charge in [-0.15, -0.1) is 0 Å². The minimum absolute atomic E-state index is 1.22. The molecule has 0 spiro atoms. The van der Waals surface area contributed by atoms with Gasteiger partial charge in [0.15, 0.2) is 0 Å². The molecule has 0 aliphatic heterocycles. The van der Waals surface area contributed by atoms with Crippen molar-refractivity contribution in [2.24, 2.45) is 0 Å². The fourth-order valence-corrected chi connectivity index (χ4v) is 0.881. The van der Waals surface area contributed by atoms with Crippen molar-refractivity contribution in [1.29, 1.82) is 0 Å². The molecule has 0 heteroatoms. The molecule has 0 unspecified atom stereocenters. The molecule has 0 aromatic carbocycles. The van der Waals surface area contributed by atoms with Crippen LogP contribution in [0.3, 0.4) is 0 Å². The zero-order chi connectivity index (χ0) is 9.40. The molecule has 0 radical (unpaired) electrons. The topological polar surface area (TPSA) is 0 Å². The summed E-state index contributed by atoms with van der Waals surface area (Å²) in [7, 11) is 0. The summed E-state index contributed by atoms with van der Waals surface area (Å²) in [6.45, 7) is 10.2. The van der Waals surface area contributed by atoms with E-state index in [0.717, 1.165) is 0 Å². The number of hydrogen-bond donors (Lipinski definition) is 0.